The topological polar surface area (TPSA) is 55.8 Å². The van der Waals surface area contributed by atoms with Gasteiger partial charge in [-0.2, -0.15) is 0 Å². The highest BCUT2D eigenvalue weighted by molar-refractivity contribution is 5.71. The molecular formula is C10H14O4. The molecule has 0 saturated carbocycles. The van der Waals surface area contributed by atoms with Crippen molar-refractivity contribution in [2.45, 2.75) is 44.2 Å². The fraction of sp³-hybridized carbons (Fsp3) is 0.700. The van der Waals surface area contributed by atoms with Crippen molar-refractivity contribution in [3.05, 3.63) is 12.2 Å². The third kappa shape index (κ3) is 1.81. The average molecular weight is 198 g/mol. The molecule has 4 atom stereocenters. The molecule has 1 N–H and O–H groups in total. The molecule has 4 nitrogen and oxygen atoms in total. The first-order valence-corrected chi connectivity index (χ1v) is 4.88. The molecule has 14 heavy (non-hydrogen) atoms. The van der Waals surface area contributed by atoms with Gasteiger partial charge in [-0.3, -0.25) is 4.79 Å². The van der Waals surface area contributed by atoms with Crippen molar-refractivity contribution in [3.63, 3.8) is 0 Å². The molecule has 0 spiro atoms. The Morgan fingerprint density at radius 3 is 2.86 bits per heavy atom. The molecular weight excluding hydrogens is 184 g/mol. The van der Waals surface area contributed by atoms with Gasteiger partial charge in [-0.05, 0) is 13.3 Å². The van der Waals surface area contributed by atoms with Crippen molar-refractivity contribution in [1.29, 1.82) is 0 Å². The first kappa shape index (κ1) is 9.68. The molecule has 0 aromatic carbocycles. The van der Waals surface area contributed by atoms with Gasteiger partial charge in [0.05, 0.1) is 6.10 Å². The van der Waals surface area contributed by atoms with Gasteiger partial charge in [0, 0.05) is 6.42 Å². The Morgan fingerprint density at radius 1 is 1.57 bits per heavy atom. The van der Waals surface area contributed by atoms with E-state index in [1.165, 1.54) is 0 Å². The maximum atomic E-state index is 10.9. The highest BCUT2D eigenvalue weighted by Crippen LogP contribution is 2.25. The molecule has 0 aliphatic carbocycles. The number of rotatable bonds is 2. The lowest BCUT2D eigenvalue weighted by molar-refractivity contribution is -0.146. The van der Waals surface area contributed by atoms with Crippen LogP contribution in [0.15, 0.2) is 12.2 Å². The van der Waals surface area contributed by atoms with Gasteiger partial charge in [0.25, 0.3) is 0 Å². The lowest BCUT2D eigenvalue weighted by atomic mass is 10.1. The molecule has 0 amide bonds. The molecule has 3 unspecified atom stereocenters. The van der Waals surface area contributed by atoms with Crippen LogP contribution in [0.3, 0.4) is 0 Å². The molecule has 1 saturated heterocycles. The lowest BCUT2D eigenvalue weighted by Gasteiger charge is -2.19. The van der Waals surface area contributed by atoms with Gasteiger partial charge < -0.3 is 14.6 Å². The van der Waals surface area contributed by atoms with Gasteiger partial charge in [0.1, 0.15) is 18.3 Å². The summed E-state index contributed by atoms with van der Waals surface area (Å²) >= 11 is 0. The zero-order valence-corrected chi connectivity index (χ0v) is 8.05. The van der Waals surface area contributed by atoms with Crippen LogP contribution >= 0.6 is 0 Å². The summed E-state index contributed by atoms with van der Waals surface area (Å²) in [6.07, 6.45) is 3.73. The maximum Gasteiger partial charge on any atom is 0.306 e. The summed E-state index contributed by atoms with van der Waals surface area (Å²) < 4.78 is 10.6. The largest absolute Gasteiger partial charge is 0.459 e. The number of hydrogen-bond donors (Lipinski definition) is 1. The number of cyclic esters (lactones) is 1. The molecule has 2 rings (SSSR count). The second-order valence-electron chi connectivity index (χ2n) is 3.76. The van der Waals surface area contributed by atoms with Crippen LogP contribution in [0.2, 0.25) is 0 Å². The number of aliphatic hydroxyl groups excluding tert-OH is 1. The van der Waals surface area contributed by atoms with Crippen LogP contribution < -0.4 is 0 Å². The third-order valence-corrected chi connectivity index (χ3v) is 2.56. The molecule has 0 aromatic rings. The van der Waals surface area contributed by atoms with Crippen LogP contribution in [0.4, 0.5) is 0 Å². The van der Waals surface area contributed by atoms with Crippen LogP contribution in [-0.2, 0) is 14.3 Å². The minimum Gasteiger partial charge on any atom is -0.459 e. The van der Waals surface area contributed by atoms with E-state index in [2.05, 4.69) is 0 Å². The first-order chi connectivity index (χ1) is 6.66. The highest BCUT2D eigenvalue weighted by atomic mass is 16.6. The quantitative estimate of drug-likeness (QED) is 0.515. The Balaban J connectivity index is 1.90. The Morgan fingerprint density at radius 2 is 2.36 bits per heavy atom. The smallest absolute Gasteiger partial charge is 0.306 e. The van der Waals surface area contributed by atoms with Gasteiger partial charge in [-0.15, -0.1) is 0 Å². The minimum absolute atomic E-state index is 0.160. The zero-order valence-electron chi connectivity index (χ0n) is 8.05. The second-order valence-corrected chi connectivity index (χ2v) is 3.76. The number of aliphatic hydroxyl groups is 1. The van der Waals surface area contributed by atoms with Crippen molar-refractivity contribution >= 4 is 5.97 Å². The van der Waals surface area contributed by atoms with Crippen molar-refractivity contribution in [2.75, 3.05) is 0 Å². The van der Waals surface area contributed by atoms with Crippen molar-refractivity contribution in [3.8, 4) is 0 Å². The molecule has 0 aromatic heterocycles. The van der Waals surface area contributed by atoms with Gasteiger partial charge >= 0.3 is 5.97 Å². The number of hydrogen-bond acceptors (Lipinski definition) is 4. The van der Waals surface area contributed by atoms with Crippen LogP contribution in [0.5, 0.6) is 0 Å². The number of carbonyl (C=O) groups is 1. The van der Waals surface area contributed by atoms with E-state index in [9.17, 15) is 9.90 Å². The van der Waals surface area contributed by atoms with E-state index in [1.54, 1.807) is 6.92 Å². The lowest BCUT2D eigenvalue weighted by Crippen LogP contribution is -2.30. The number of esters is 1. The summed E-state index contributed by atoms with van der Waals surface area (Å²) in [5, 5.41) is 9.28. The minimum atomic E-state index is -0.520. The molecule has 1 fully saturated rings. The van der Waals surface area contributed by atoms with Gasteiger partial charge in [-0.25, -0.2) is 0 Å². The summed E-state index contributed by atoms with van der Waals surface area (Å²) in [6, 6.07) is 0. The summed E-state index contributed by atoms with van der Waals surface area (Å²) in [5.74, 6) is -0.160. The first-order valence-electron chi connectivity index (χ1n) is 4.88. The Kier molecular flexibility index (Phi) is 2.56. The maximum absolute atomic E-state index is 10.9. The normalized spacial score (nSPS) is 38.7. The Hall–Kier alpha value is -0.870. The van der Waals surface area contributed by atoms with E-state index in [0.717, 1.165) is 0 Å². The summed E-state index contributed by atoms with van der Waals surface area (Å²) in [6.45, 7) is 1.68. The molecule has 2 aliphatic heterocycles. The van der Waals surface area contributed by atoms with E-state index < -0.39 is 6.10 Å². The van der Waals surface area contributed by atoms with E-state index >= 15 is 0 Å². The molecule has 2 aliphatic rings. The molecule has 2 heterocycles. The van der Waals surface area contributed by atoms with Crippen LogP contribution in [0.25, 0.3) is 0 Å². The fourth-order valence-electron chi connectivity index (χ4n) is 1.76. The summed E-state index contributed by atoms with van der Waals surface area (Å²) in [4.78, 5) is 10.9. The van der Waals surface area contributed by atoms with E-state index in [1.807, 2.05) is 12.2 Å². The third-order valence-electron chi connectivity index (χ3n) is 2.56. The highest BCUT2D eigenvalue weighted by Gasteiger charge is 2.35. The van der Waals surface area contributed by atoms with E-state index in [-0.39, 0.29) is 24.3 Å². The Labute approximate surface area is 82.5 Å². The van der Waals surface area contributed by atoms with Gasteiger partial charge in [0.15, 0.2) is 0 Å². The molecule has 4 heteroatoms. The van der Waals surface area contributed by atoms with E-state index in [4.69, 9.17) is 9.47 Å². The predicted octanol–water partition coefficient (Wildman–Crippen LogP) is 0.396. The SMILES string of the molecule is C[C@@H](O)C1C=CC(C2CCC(=O)O2)O1. The van der Waals surface area contributed by atoms with Gasteiger partial charge in [0.2, 0.25) is 0 Å². The monoisotopic (exact) mass is 198 g/mol. The summed E-state index contributed by atoms with van der Waals surface area (Å²) in [5.41, 5.74) is 0. The Bertz CT molecular complexity index is 259. The van der Waals surface area contributed by atoms with Crippen molar-refractivity contribution in [2.24, 2.45) is 0 Å². The van der Waals surface area contributed by atoms with Crippen molar-refractivity contribution in [1.82, 2.24) is 0 Å². The zero-order chi connectivity index (χ0) is 10.1. The van der Waals surface area contributed by atoms with Gasteiger partial charge in [-0.1, -0.05) is 12.2 Å². The molecule has 78 valence electrons. The van der Waals surface area contributed by atoms with Crippen LogP contribution in [-0.4, -0.2) is 35.5 Å². The fourth-order valence-corrected chi connectivity index (χ4v) is 1.76. The second kappa shape index (κ2) is 3.71. The van der Waals surface area contributed by atoms with Crippen LogP contribution in [0, 0.1) is 0 Å². The molecule has 0 bridgehead atoms. The van der Waals surface area contributed by atoms with E-state index in [0.29, 0.717) is 12.8 Å². The summed E-state index contributed by atoms with van der Waals surface area (Å²) in [7, 11) is 0. The van der Waals surface area contributed by atoms with Crippen molar-refractivity contribution < 1.29 is 19.4 Å². The average Bonchev–Trinajstić information content (AvgIpc) is 2.70. The number of carbonyl (C=O) groups excluding carboxylic acids is 1. The number of ether oxygens (including phenoxy) is 2. The predicted molar refractivity (Wildman–Crippen MR) is 48.6 cm³/mol. The standard InChI is InChI=1S/C10H14O4/c1-6(11)7-2-3-8(13-7)9-4-5-10(12)14-9/h2-3,6-9,11H,4-5H2,1H3/t6-,7?,8?,9?/m1/s1. The van der Waals surface area contributed by atoms with Crippen LogP contribution in [0.1, 0.15) is 19.8 Å². The molecule has 0 radical (unpaired) electrons.